The summed E-state index contributed by atoms with van der Waals surface area (Å²) in [5.74, 6) is -0.157. The monoisotopic (exact) mass is 431 g/mol. The molecule has 3 aromatic rings. The number of ether oxygens (including phenoxy) is 1. The fraction of sp³-hybridized carbons (Fsp3) is 0.154. The van der Waals surface area contributed by atoms with Crippen molar-refractivity contribution in [2.45, 2.75) is 17.9 Å². The second-order valence-electron chi connectivity index (χ2n) is 6.88. The van der Waals surface area contributed by atoms with Crippen molar-refractivity contribution in [2.24, 2.45) is 0 Å². The summed E-state index contributed by atoms with van der Waals surface area (Å²) in [7, 11) is 1.29. The maximum Gasteiger partial charge on any atom is 0.315 e. The van der Waals surface area contributed by atoms with Gasteiger partial charge < -0.3 is 9.64 Å². The number of benzene rings is 3. The molecule has 0 unspecified atom stereocenters. The minimum absolute atomic E-state index is 0.297. The number of carbonyl (C=O) groups is 2. The highest BCUT2D eigenvalue weighted by Crippen LogP contribution is 2.26. The van der Waals surface area contributed by atoms with Crippen LogP contribution in [-0.2, 0) is 20.9 Å². The van der Waals surface area contributed by atoms with Crippen molar-refractivity contribution in [2.75, 3.05) is 12.9 Å². The second-order valence-corrected chi connectivity index (χ2v) is 7.93. The van der Waals surface area contributed by atoms with Crippen molar-refractivity contribution in [1.82, 2.24) is 4.90 Å². The smallest absolute Gasteiger partial charge is 0.315 e. The number of nitrogens with zero attached hydrogens (tertiary/aromatic N) is 1. The number of esters is 1. The molecule has 3 rings (SSSR count). The zero-order valence-corrected chi connectivity index (χ0v) is 18.3. The molecule has 0 aliphatic carbocycles. The van der Waals surface area contributed by atoms with Crippen LogP contribution in [0, 0.1) is 0 Å². The fourth-order valence-corrected chi connectivity index (χ4v) is 3.91. The SMILES string of the molecule is COC(=O)CC(=O)N(/C=C(/CSc1ccccc1)c1ccccc1)Cc1ccccc1. The zero-order chi connectivity index (χ0) is 21.9. The fourth-order valence-electron chi connectivity index (χ4n) is 3.00. The number of methoxy groups -OCH3 is 1. The molecule has 158 valence electrons. The van der Waals surface area contributed by atoms with Gasteiger partial charge in [0.2, 0.25) is 5.91 Å². The largest absolute Gasteiger partial charge is 0.469 e. The summed E-state index contributed by atoms with van der Waals surface area (Å²) in [5, 5.41) is 0. The first-order valence-electron chi connectivity index (χ1n) is 10.00. The molecule has 0 saturated heterocycles. The standard InChI is InChI=1S/C26H25NO3S/c1-30-26(29)17-25(28)27(18-21-11-5-2-6-12-21)19-23(22-13-7-3-8-14-22)20-31-24-15-9-4-10-16-24/h2-16,19H,17-18,20H2,1H3/b23-19-. The van der Waals surface area contributed by atoms with Gasteiger partial charge in [-0.25, -0.2) is 0 Å². The van der Waals surface area contributed by atoms with E-state index in [9.17, 15) is 9.59 Å². The Morgan fingerprint density at radius 1 is 0.871 bits per heavy atom. The van der Waals surface area contributed by atoms with Gasteiger partial charge in [-0.05, 0) is 28.8 Å². The van der Waals surface area contributed by atoms with Crippen LogP contribution in [0.2, 0.25) is 0 Å². The van der Waals surface area contributed by atoms with Crippen LogP contribution in [-0.4, -0.2) is 29.6 Å². The molecule has 31 heavy (non-hydrogen) atoms. The minimum atomic E-state index is -0.545. The van der Waals surface area contributed by atoms with Crippen molar-refractivity contribution in [3.05, 3.63) is 108 Å². The Labute approximate surface area is 187 Å². The molecule has 0 N–H and O–H groups in total. The predicted molar refractivity (Wildman–Crippen MR) is 125 cm³/mol. The third kappa shape index (κ3) is 7.15. The van der Waals surface area contributed by atoms with Gasteiger partial charge in [-0.3, -0.25) is 9.59 Å². The molecule has 0 aromatic heterocycles. The summed E-state index contributed by atoms with van der Waals surface area (Å²) in [6.07, 6.45) is 1.57. The number of carbonyl (C=O) groups excluding carboxylic acids is 2. The lowest BCUT2D eigenvalue weighted by Gasteiger charge is -2.21. The number of hydrogen-bond donors (Lipinski definition) is 0. The molecule has 4 nitrogen and oxygen atoms in total. The molecule has 0 saturated carbocycles. The van der Waals surface area contributed by atoms with Gasteiger partial charge in [0.15, 0.2) is 0 Å². The Bertz CT molecular complexity index is 1000. The van der Waals surface area contributed by atoms with E-state index in [0.29, 0.717) is 12.3 Å². The van der Waals surface area contributed by atoms with E-state index in [1.54, 1.807) is 16.7 Å². The van der Waals surface area contributed by atoms with E-state index in [2.05, 4.69) is 12.1 Å². The molecule has 0 atom stereocenters. The number of hydrogen-bond acceptors (Lipinski definition) is 4. The third-order valence-electron chi connectivity index (χ3n) is 4.63. The van der Waals surface area contributed by atoms with Gasteiger partial charge in [0.05, 0.1) is 13.7 Å². The van der Waals surface area contributed by atoms with Crippen molar-refractivity contribution in [1.29, 1.82) is 0 Å². The van der Waals surface area contributed by atoms with Crippen LogP contribution in [0.4, 0.5) is 0 Å². The Morgan fingerprint density at radius 2 is 1.45 bits per heavy atom. The van der Waals surface area contributed by atoms with Crippen molar-refractivity contribution < 1.29 is 14.3 Å². The summed E-state index contributed by atoms with van der Waals surface area (Å²) in [4.78, 5) is 27.4. The van der Waals surface area contributed by atoms with Crippen molar-refractivity contribution in [3.63, 3.8) is 0 Å². The Balaban J connectivity index is 1.91. The quantitative estimate of drug-likeness (QED) is 0.258. The summed E-state index contributed by atoms with van der Waals surface area (Å²) >= 11 is 1.70. The van der Waals surface area contributed by atoms with E-state index < -0.39 is 5.97 Å². The topological polar surface area (TPSA) is 46.6 Å². The normalized spacial score (nSPS) is 11.1. The average molecular weight is 432 g/mol. The van der Waals surface area contributed by atoms with Gasteiger partial charge in [0, 0.05) is 16.8 Å². The lowest BCUT2D eigenvalue weighted by atomic mass is 10.1. The second kappa shape index (κ2) is 11.8. The van der Waals surface area contributed by atoms with E-state index in [-0.39, 0.29) is 12.3 Å². The van der Waals surface area contributed by atoms with E-state index in [1.165, 1.54) is 7.11 Å². The Kier molecular flexibility index (Phi) is 8.49. The molecule has 0 aliphatic rings. The first-order chi connectivity index (χ1) is 15.2. The Hall–Kier alpha value is -3.31. The van der Waals surface area contributed by atoms with E-state index in [4.69, 9.17) is 4.74 Å². The summed E-state index contributed by atoms with van der Waals surface area (Å²) < 4.78 is 4.70. The molecular weight excluding hydrogens is 406 g/mol. The van der Waals surface area contributed by atoms with Gasteiger partial charge in [-0.1, -0.05) is 78.9 Å². The maximum atomic E-state index is 12.9. The van der Waals surface area contributed by atoms with Crippen LogP contribution in [0.3, 0.4) is 0 Å². The minimum Gasteiger partial charge on any atom is -0.469 e. The number of rotatable bonds is 9. The third-order valence-corrected chi connectivity index (χ3v) is 5.69. The summed E-state index contributed by atoms with van der Waals surface area (Å²) in [6, 6.07) is 29.9. The summed E-state index contributed by atoms with van der Waals surface area (Å²) in [6.45, 7) is 0.378. The van der Waals surface area contributed by atoms with Crippen LogP contribution < -0.4 is 0 Å². The van der Waals surface area contributed by atoms with Gasteiger partial charge in [-0.15, -0.1) is 11.8 Å². The lowest BCUT2D eigenvalue weighted by molar-refractivity contribution is -0.146. The molecule has 3 aromatic carbocycles. The molecule has 1 amide bonds. The highest BCUT2D eigenvalue weighted by molar-refractivity contribution is 7.99. The van der Waals surface area contributed by atoms with Gasteiger partial charge in [0.25, 0.3) is 0 Å². The maximum absolute atomic E-state index is 12.9. The van der Waals surface area contributed by atoms with E-state index in [1.807, 2.05) is 85.1 Å². The molecule has 0 fully saturated rings. The van der Waals surface area contributed by atoms with E-state index >= 15 is 0 Å². The van der Waals surface area contributed by atoms with Crippen LogP contribution in [0.5, 0.6) is 0 Å². The predicted octanol–water partition coefficient (Wildman–Crippen LogP) is 5.41. The van der Waals surface area contributed by atoms with Crippen LogP contribution in [0.25, 0.3) is 5.57 Å². The highest BCUT2D eigenvalue weighted by Gasteiger charge is 2.18. The zero-order valence-electron chi connectivity index (χ0n) is 17.4. The van der Waals surface area contributed by atoms with Crippen LogP contribution >= 0.6 is 11.8 Å². The lowest BCUT2D eigenvalue weighted by Crippen LogP contribution is -2.28. The first-order valence-corrected chi connectivity index (χ1v) is 11.0. The molecule has 5 heteroatoms. The van der Waals surface area contributed by atoms with Crippen molar-refractivity contribution >= 4 is 29.2 Å². The molecule has 0 spiro atoms. The Morgan fingerprint density at radius 3 is 2.06 bits per heavy atom. The van der Waals surface area contributed by atoms with Gasteiger partial charge in [0.1, 0.15) is 6.42 Å². The molecule has 0 radical (unpaired) electrons. The number of amides is 1. The summed E-state index contributed by atoms with van der Waals surface area (Å²) in [5.41, 5.74) is 3.03. The van der Waals surface area contributed by atoms with Crippen LogP contribution in [0.15, 0.2) is 102 Å². The van der Waals surface area contributed by atoms with Gasteiger partial charge >= 0.3 is 5.97 Å². The van der Waals surface area contributed by atoms with Crippen molar-refractivity contribution in [3.8, 4) is 0 Å². The molecular formula is C26H25NO3S. The van der Waals surface area contributed by atoms with E-state index in [0.717, 1.165) is 21.6 Å². The molecule has 0 aliphatic heterocycles. The highest BCUT2D eigenvalue weighted by atomic mass is 32.2. The average Bonchev–Trinajstić information content (AvgIpc) is 2.82. The van der Waals surface area contributed by atoms with Gasteiger partial charge in [-0.2, -0.15) is 0 Å². The van der Waals surface area contributed by atoms with Crippen LogP contribution in [0.1, 0.15) is 17.5 Å². The molecule has 0 heterocycles. The number of thioether (sulfide) groups is 1. The first kappa shape index (κ1) is 22.4. The molecule has 0 bridgehead atoms.